The highest BCUT2D eigenvalue weighted by molar-refractivity contribution is 7.17. The number of fused-ring (bicyclic) bond motifs is 1. The van der Waals surface area contributed by atoms with E-state index in [4.69, 9.17) is 5.73 Å². The van der Waals surface area contributed by atoms with Crippen molar-refractivity contribution < 1.29 is 4.79 Å². The summed E-state index contributed by atoms with van der Waals surface area (Å²) >= 11 is 2.87. The first kappa shape index (κ1) is 12.1. The maximum absolute atomic E-state index is 12.1. The summed E-state index contributed by atoms with van der Waals surface area (Å²) in [6.45, 7) is 1.85. The number of amides is 1. The molecule has 0 fully saturated rings. The molecule has 3 heterocycles. The molecule has 0 aliphatic carbocycles. The molecule has 6 nitrogen and oxygen atoms in total. The SMILES string of the molecule is CC(NC(=O)c1cc2sccc2[nH]1)c1nnc(N)s1. The highest BCUT2D eigenvalue weighted by Gasteiger charge is 2.16. The zero-order valence-electron chi connectivity index (χ0n) is 10.0. The van der Waals surface area contributed by atoms with Crippen molar-refractivity contribution in [1.29, 1.82) is 0 Å². The fourth-order valence-corrected chi connectivity index (χ4v) is 3.12. The highest BCUT2D eigenvalue weighted by atomic mass is 32.1. The molecule has 0 spiro atoms. The first-order valence-electron chi connectivity index (χ1n) is 5.59. The average molecular weight is 293 g/mol. The Kier molecular flexibility index (Phi) is 2.96. The van der Waals surface area contributed by atoms with E-state index in [2.05, 4.69) is 20.5 Å². The van der Waals surface area contributed by atoms with Crippen molar-refractivity contribution >= 4 is 43.9 Å². The molecule has 3 aromatic rings. The number of aromatic amines is 1. The van der Waals surface area contributed by atoms with Crippen molar-refractivity contribution in [3.05, 3.63) is 28.2 Å². The lowest BCUT2D eigenvalue weighted by molar-refractivity contribution is 0.0935. The molecule has 98 valence electrons. The van der Waals surface area contributed by atoms with Gasteiger partial charge in [0, 0.05) is 0 Å². The van der Waals surface area contributed by atoms with E-state index in [0.29, 0.717) is 15.8 Å². The first-order chi connectivity index (χ1) is 9.13. The number of hydrogen-bond acceptors (Lipinski definition) is 6. The topological polar surface area (TPSA) is 96.7 Å². The van der Waals surface area contributed by atoms with Gasteiger partial charge in [-0.1, -0.05) is 11.3 Å². The third kappa shape index (κ3) is 2.32. The summed E-state index contributed by atoms with van der Waals surface area (Å²) in [6.07, 6.45) is 0. The Hall–Kier alpha value is -1.93. The summed E-state index contributed by atoms with van der Waals surface area (Å²) in [5.74, 6) is -0.162. The van der Waals surface area contributed by atoms with Gasteiger partial charge in [-0.3, -0.25) is 4.79 Å². The normalized spacial score (nSPS) is 12.7. The van der Waals surface area contributed by atoms with Crippen LogP contribution in [-0.4, -0.2) is 21.1 Å². The number of hydrogen-bond donors (Lipinski definition) is 3. The predicted molar refractivity (Wildman–Crippen MR) is 76.4 cm³/mol. The molecule has 0 radical (unpaired) electrons. The zero-order chi connectivity index (χ0) is 13.4. The number of H-pyrrole nitrogens is 1. The molecule has 1 atom stereocenters. The van der Waals surface area contributed by atoms with Crippen molar-refractivity contribution in [2.75, 3.05) is 5.73 Å². The minimum absolute atomic E-state index is 0.162. The van der Waals surface area contributed by atoms with E-state index in [1.807, 2.05) is 24.4 Å². The molecular formula is C11H11N5OS2. The lowest BCUT2D eigenvalue weighted by Gasteiger charge is -2.09. The molecule has 1 unspecified atom stereocenters. The van der Waals surface area contributed by atoms with Crippen molar-refractivity contribution in [3.63, 3.8) is 0 Å². The zero-order valence-corrected chi connectivity index (χ0v) is 11.6. The summed E-state index contributed by atoms with van der Waals surface area (Å²) < 4.78 is 1.07. The number of aromatic nitrogens is 3. The lowest BCUT2D eigenvalue weighted by Crippen LogP contribution is -2.26. The van der Waals surface area contributed by atoms with Gasteiger partial charge in [-0.05, 0) is 24.4 Å². The number of nitrogens with two attached hydrogens (primary N) is 1. The number of nitrogens with zero attached hydrogens (tertiary/aromatic N) is 2. The molecule has 3 rings (SSSR count). The second kappa shape index (κ2) is 4.63. The maximum Gasteiger partial charge on any atom is 0.268 e. The van der Waals surface area contributed by atoms with E-state index in [-0.39, 0.29) is 11.9 Å². The minimum atomic E-state index is -0.219. The Morgan fingerprint density at radius 2 is 2.37 bits per heavy atom. The van der Waals surface area contributed by atoms with Gasteiger partial charge in [-0.2, -0.15) is 0 Å². The molecule has 1 amide bonds. The van der Waals surface area contributed by atoms with Crippen LogP contribution in [0.3, 0.4) is 0 Å². The molecule has 3 aromatic heterocycles. The number of rotatable bonds is 3. The summed E-state index contributed by atoms with van der Waals surface area (Å²) in [5.41, 5.74) is 7.05. The van der Waals surface area contributed by atoms with Crippen LogP contribution < -0.4 is 11.1 Å². The van der Waals surface area contributed by atoms with Crippen LogP contribution in [0.5, 0.6) is 0 Å². The largest absolute Gasteiger partial charge is 0.374 e. The van der Waals surface area contributed by atoms with Gasteiger partial charge in [0.25, 0.3) is 5.91 Å². The van der Waals surface area contributed by atoms with Gasteiger partial charge in [0.15, 0.2) is 0 Å². The van der Waals surface area contributed by atoms with Crippen LogP contribution in [0.25, 0.3) is 10.2 Å². The van der Waals surface area contributed by atoms with Crippen LogP contribution in [0.1, 0.15) is 28.5 Å². The van der Waals surface area contributed by atoms with Crippen LogP contribution in [0.4, 0.5) is 5.13 Å². The molecule has 0 aliphatic heterocycles. The third-order valence-electron chi connectivity index (χ3n) is 2.66. The monoisotopic (exact) mass is 293 g/mol. The van der Waals surface area contributed by atoms with Crippen molar-refractivity contribution in [2.45, 2.75) is 13.0 Å². The lowest BCUT2D eigenvalue weighted by atomic mass is 10.3. The van der Waals surface area contributed by atoms with E-state index in [1.165, 1.54) is 11.3 Å². The smallest absolute Gasteiger partial charge is 0.268 e. The standard InChI is InChI=1S/C11H11N5OS2/c1-5(10-15-16-11(12)19-10)13-9(17)7-4-8-6(14-7)2-3-18-8/h2-5,14H,1H3,(H2,12,16)(H,13,17). The molecule has 8 heteroatoms. The Bertz CT molecular complexity index is 700. The van der Waals surface area contributed by atoms with Gasteiger partial charge in [0.05, 0.1) is 16.3 Å². The molecule has 0 aliphatic rings. The van der Waals surface area contributed by atoms with E-state index in [9.17, 15) is 4.79 Å². The summed E-state index contributed by atoms with van der Waals surface area (Å²) in [7, 11) is 0. The highest BCUT2D eigenvalue weighted by Crippen LogP contribution is 2.22. The third-order valence-corrected chi connectivity index (χ3v) is 4.46. The number of thiophene rings is 1. The van der Waals surface area contributed by atoms with Crippen LogP contribution in [-0.2, 0) is 0 Å². The molecule has 0 aromatic carbocycles. The number of anilines is 1. The molecule has 0 bridgehead atoms. The van der Waals surface area contributed by atoms with Gasteiger partial charge in [-0.25, -0.2) is 0 Å². The van der Waals surface area contributed by atoms with Crippen molar-refractivity contribution in [1.82, 2.24) is 20.5 Å². The maximum atomic E-state index is 12.1. The van der Waals surface area contributed by atoms with Gasteiger partial charge in [-0.15, -0.1) is 21.5 Å². The number of carbonyl (C=O) groups excluding carboxylic acids is 1. The average Bonchev–Trinajstić information content (AvgIpc) is 3.02. The minimum Gasteiger partial charge on any atom is -0.374 e. The van der Waals surface area contributed by atoms with Crippen LogP contribution in [0.15, 0.2) is 17.5 Å². The molecule has 0 saturated heterocycles. The number of nitrogen functional groups attached to an aromatic ring is 1. The summed E-state index contributed by atoms with van der Waals surface area (Å²) in [4.78, 5) is 15.2. The molecule has 0 saturated carbocycles. The van der Waals surface area contributed by atoms with E-state index in [0.717, 1.165) is 10.2 Å². The molecule has 4 N–H and O–H groups in total. The second-order valence-corrected chi connectivity index (χ2v) is 6.04. The Balaban J connectivity index is 1.76. The molecular weight excluding hydrogens is 282 g/mol. The van der Waals surface area contributed by atoms with Crippen LogP contribution >= 0.6 is 22.7 Å². The van der Waals surface area contributed by atoms with Crippen LogP contribution in [0, 0.1) is 0 Å². The van der Waals surface area contributed by atoms with Gasteiger partial charge >= 0.3 is 0 Å². The van der Waals surface area contributed by atoms with E-state index >= 15 is 0 Å². The Morgan fingerprint density at radius 3 is 3.05 bits per heavy atom. The fourth-order valence-electron chi connectivity index (χ4n) is 1.73. The van der Waals surface area contributed by atoms with Crippen LogP contribution in [0.2, 0.25) is 0 Å². The second-order valence-electron chi connectivity index (χ2n) is 4.06. The fraction of sp³-hybridized carbons (Fsp3) is 0.182. The Morgan fingerprint density at radius 1 is 1.53 bits per heavy atom. The first-order valence-corrected chi connectivity index (χ1v) is 7.29. The number of carbonyl (C=O) groups is 1. The van der Waals surface area contributed by atoms with Gasteiger partial charge in [0.1, 0.15) is 10.7 Å². The quantitative estimate of drug-likeness (QED) is 0.689. The van der Waals surface area contributed by atoms with Crippen molar-refractivity contribution in [3.8, 4) is 0 Å². The summed E-state index contributed by atoms with van der Waals surface area (Å²) in [5, 5.41) is 13.6. The van der Waals surface area contributed by atoms with Crippen molar-refractivity contribution in [2.24, 2.45) is 0 Å². The summed E-state index contributed by atoms with van der Waals surface area (Å²) in [6, 6.07) is 3.57. The van der Waals surface area contributed by atoms with Gasteiger partial charge in [0.2, 0.25) is 5.13 Å². The van der Waals surface area contributed by atoms with E-state index < -0.39 is 0 Å². The molecule has 19 heavy (non-hydrogen) atoms. The van der Waals surface area contributed by atoms with E-state index in [1.54, 1.807) is 11.3 Å². The number of nitrogens with one attached hydrogen (secondary N) is 2. The Labute approximate surface area is 116 Å². The predicted octanol–water partition coefficient (Wildman–Crippen LogP) is 2.15. The van der Waals surface area contributed by atoms with Gasteiger partial charge < -0.3 is 16.0 Å².